The van der Waals surface area contributed by atoms with Crippen molar-refractivity contribution >= 4 is 34.2 Å². The maximum Gasteiger partial charge on any atom is 0.246 e. The smallest absolute Gasteiger partial charge is 0.246 e. The molecule has 2 heterocycles. The minimum atomic E-state index is -0.0514. The number of carbonyl (C=O) groups is 1. The van der Waals surface area contributed by atoms with Crippen LogP contribution in [0.3, 0.4) is 0 Å². The molecule has 1 amide bonds. The van der Waals surface area contributed by atoms with Gasteiger partial charge in [0.05, 0.1) is 17.1 Å². The first-order valence-corrected chi connectivity index (χ1v) is 9.59. The van der Waals surface area contributed by atoms with Crippen LogP contribution in [0, 0.1) is 11.3 Å². The Kier molecular flexibility index (Phi) is 5.15. The Balaban J connectivity index is 1.70. The number of piperazine rings is 1. The van der Waals surface area contributed by atoms with Crippen molar-refractivity contribution < 1.29 is 4.79 Å². The third-order valence-corrected chi connectivity index (χ3v) is 5.38. The van der Waals surface area contributed by atoms with Gasteiger partial charge >= 0.3 is 0 Å². The second-order valence-corrected chi connectivity index (χ2v) is 7.16. The van der Waals surface area contributed by atoms with Gasteiger partial charge in [-0.05, 0) is 35.9 Å². The van der Waals surface area contributed by atoms with Crippen molar-refractivity contribution in [3.63, 3.8) is 0 Å². The fourth-order valence-electron chi connectivity index (χ4n) is 3.56. The second-order valence-electron chi connectivity index (χ2n) is 6.76. The van der Waals surface area contributed by atoms with Crippen LogP contribution in [0.2, 0.25) is 5.02 Å². The molecule has 0 spiro atoms. The van der Waals surface area contributed by atoms with Gasteiger partial charge in [0.1, 0.15) is 12.1 Å². The van der Waals surface area contributed by atoms with E-state index in [2.05, 4.69) is 27.5 Å². The van der Waals surface area contributed by atoms with E-state index in [0.29, 0.717) is 36.8 Å². The fourth-order valence-corrected chi connectivity index (χ4v) is 3.83. The van der Waals surface area contributed by atoms with Gasteiger partial charge in [0.2, 0.25) is 5.91 Å². The minimum absolute atomic E-state index is 0.0514. The Morgan fingerprint density at radius 3 is 2.69 bits per heavy atom. The zero-order valence-electron chi connectivity index (χ0n) is 15.7. The van der Waals surface area contributed by atoms with Crippen LogP contribution in [0.25, 0.3) is 22.0 Å². The number of carbonyl (C=O) groups excluding carboxylic acids is 1. The Hall–Kier alpha value is -3.43. The summed E-state index contributed by atoms with van der Waals surface area (Å²) in [5, 5.41) is 10.6. The molecule has 1 aliphatic heterocycles. The molecule has 0 aliphatic carbocycles. The summed E-state index contributed by atoms with van der Waals surface area (Å²) in [5.41, 5.74) is 3.05. The van der Waals surface area contributed by atoms with Crippen molar-refractivity contribution in [2.45, 2.75) is 0 Å². The maximum atomic E-state index is 11.8. The molecule has 0 radical (unpaired) electrons. The first-order chi connectivity index (χ1) is 14.1. The molecule has 6 nitrogen and oxygen atoms in total. The van der Waals surface area contributed by atoms with Crippen LogP contribution in [0.15, 0.2) is 55.4 Å². The quantitative estimate of drug-likeness (QED) is 0.624. The number of amides is 1. The normalized spacial score (nSPS) is 13.9. The lowest BCUT2D eigenvalue weighted by atomic mass is 10.0. The number of aromatic nitrogens is 2. The van der Waals surface area contributed by atoms with Gasteiger partial charge in [-0.25, -0.2) is 9.97 Å². The summed E-state index contributed by atoms with van der Waals surface area (Å²) in [4.78, 5) is 24.6. The van der Waals surface area contributed by atoms with Gasteiger partial charge in [-0.1, -0.05) is 30.3 Å². The van der Waals surface area contributed by atoms with Crippen molar-refractivity contribution in [3.8, 4) is 17.2 Å². The Bertz CT molecular complexity index is 1150. The van der Waals surface area contributed by atoms with Crippen LogP contribution in [-0.2, 0) is 4.79 Å². The lowest BCUT2D eigenvalue weighted by molar-refractivity contribution is -0.126. The molecular weight excluding hydrogens is 386 g/mol. The number of nitriles is 1. The molecule has 2 aromatic carbocycles. The van der Waals surface area contributed by atoms with Gasteiger partial charge in [-0.15, -0.1) is 0 Å². The molecule has 1 fully saturated rings. The molecule has 0 unspecified atom stereocenters. The summed E-state index contributed by atoms with van der Waals surface area (Å²) in [7, 11) is 0. The van der Waals surface area contributed by atoms with E-state index in [1.807, 2.05) is 30.3 Å². The van der Waals surface area contributed by atoms with Crippen molar-refractivity contribution in [1.82, 2.24) is 14.9 Å². The third-order valence-electron chi connectivity index (χ3n) is 5.07. The second kappa shape index (κ2) is 7.90. The molecule has 1 saturated heterocycles. The summed E-state index contributed by atoms with van der Waals surface area (Å²) in [6.45, 7) is 6.13. The minimum Gasteiger partial charge on any atom is -0.352 e. The van der Waals surface area contributed by atoms with E-state index in [9.17, 15) is 4.79 Å². The molecule has 7 heteroatoms. The van der Waals surface area contributed by atoms with E-state index in [0.717, 1.165) is 27.8 Å². The van der Waals surface area contributed by atoms with Crippen LogP contribution in [0.5, 0.6) is 0 Å². The number of anilines is 1. The summed E-state index contributed by atoms with van der Waals surface area (Å²) in [5.74, 6) is 0.754. The topological polar surface area (TPSA) is 73.1 Å². The largest absolute Gasteiger partial charge is 0.352 e. The first-order valence-electron chi connectivity index (χ1n) is 9.22. The number of rotatable bonds is 3. The average molecular weight is 404 g/mol. The van der Waals surface area contributed by atoms with Gasteiger partial charge in [0.25, 0.3) is 0 Å². The Morgan fingerprint density at radius 1 is 1.17 bits per heavy atom. The highest BCUT2D eigenvalue weighted by Gasteiger charge is 2.22. The highest BCUT2D eigenvalue weighted by molar-refractivity contribution is 6.34. The number of benzene rings is 2. The van der Waals surface area contributed by atoms with Gasteiger partial charge in [-0.3, -0.25) is 4.79 Å². The molecule has 0 N–H and O–H groups in total. The summed E-state index contributed by atoms with van der Waals surface area (Å²) in [6.07, 6.45) is 2.89. The van der Waals surface area contributed by atoms with Gasteiger partial charge in [-0.2, -0.15) is 5.26 Å². The molecule has 4 rings (SSSR count). The lowest BCUT2D eigenvalue weighted by Crippen LogP contribution is -2.48. The van der Waals surface area contributed by atoms with E-state index in [-0.39, 0.29) is 5.91 Å². The number of hydrogen-bond donors (Lipinski definition) is 0. The highest BCUT2D eigenvalue weighted by Crippen LogP contribution is 2.35. The number of fused-ring (bicyclic) bond motifs is 1. The lowest BCUT2D eigenvalue weighted by Gasteiger charge is -2.35. The van der Waals surface area contributed by atoms with Gasteiger partial charge in [0.15, 0.2) is 0 Å². The molecule has 1 aromatic heterocycles. The van der Waals surface area contributed by atoms with Crippen LogP contribution >= 0.6 is 11.6 Å². The van der Waals surface area contributed by atoms with Crippen molar-refractivity contribution in [3.05, 3.63) is 66.0 Å². The summed E-state index contributed by atoms with van der Waals surface area (Å²) in [6, 6.07) is 13.3. The van der Waals surface area contributed by atoms with E-state index < -0.39 is 0 Å². The van der Waals surface area contributed by atoms with Crippen molar-refractivity contribution in [1.29, 1.82) is 5.26 Å². The first kappa shape index (κ1) is 18.9. The van der Waals surface area contributed by atoms with E-state index in [1.165, 1.54) is 6.08 Å². The van der Waals surface area contributed by atoms with Crippen LogP contribution < -0.4 is 4.90 Å². The standard InChI is InChI=1S/C22H18ClN5O/c1-2-21(29)27-6-8-28(9-7-27)22-18-11-19(23)17(12-20(18)25-14-26-22)16-5-3-4-15(10-16)13-24/h2-5,10-12,14H,1,6-9H2. The Labute approximate surface area is 173 Å². The predicted octanol–water partition coefficient (Wildman–Crippen LogP) is 3.66. The zero-order valence-corrected chi connectivity index (χ0v) is 16.4. The molecule has 144 valence electrons. The number of nitrogens with zero attached hydrogens (tertiary/aromatic N) is 5. The molecule has 0 atom stereocenters. The molecule has 1 aliphatic rings. The van der Waals surface area contributed by atoms with E-state index >= 15 is 0 Å². The highest BCUT2D eigenvalue weighted by atomic mass is 35.5. The van der Waals surface area contributed by atoms with E-state index in [4.69, 9.17) is 16.9 Å². The summed E-state index contributed by atoms with van der Waals surface area (Å²) >= 11 is 6.61. The molecular formula is C22H18ClN5O. The molecule has 0 saturated carbocycles. The maximum absolute atomic E-state index is 11.8. The fraction of sp³-hybridized carbons (Fsp3) is 0.182. The van der Waals surface area contributed by atoms with Gasteiger partial charge < -0.3 is 9.80 Å². The molecule has 0 bridgehead atoms. The van der Waals surface area contributed by atoms with Crippen LogP contribution in [0.4, 0.5) is 5.82 Å². The van der Waals surface area contributed by atoms with Crippen molar-refractivity contribution in [2.24, 2.45) is 0 Å². The predicted molar refractivity (Wildman–Crippen MR) is 114 cm³/mol. The average Bonchev–Trinajstić information content (AvgIpc) is 2.78. The van der Waals surface area contributed by atoms with E-state index in [1.54, 1.807) is 17.3 Å². The molecule has 3 aromatic rings. The summed E-state index contributed by atoms with van der Waals surface area (Å²) < 4.78 is 0. The molecule has 29 heavy (non-hydrogen) atoms. The van der Waals surface area contributed by atoms with Crippen LogP contribution in [0.1, 0.15) is 5.56 Å². The third kappa shape index (κ3) is 3.65. The van der Waals surface area contributed by atoms with Crippen LogP contribution in [-0.4, -0.2) is 47.0 Å². The number of halogens is 1. The Morgan fingerprint density at radius 2 is 1.97 bits per heavy atom. The SMILES string of the molecule is C=CC(=O)N1CCN(c2ncnc3cc(-c4cccc(C#N)c4)c(Cl)cc23)CC1. The van der Waals surface area contributed by atoms with Crippen molar-refractivity contribution in [2.75, 3.05) is 31.1 Å². The zero-order chi connectivity index (χ0) is 20.4. The number of hydrogen-bond acceptors (Lipinski definition) is 5. The van der Waals surface area contributed by atoms with Gasteiger partial charge in [0, 0.05) is 42.2 Å². The monoisotopic (exact) mass is 403 g/mol.